The molecule has 1 aromatic carbocycles. The summed E-state index contributed by atoms with van der Waals surface area (Å²) >= 11 is 0. The average molecular weight is 347 g/mol. The van der Waals surface area contributed by atoms with Crippen LogP contribution in [0, 0.1) is 0 Å². The Hall–Kier alpha value is -2.57. The highest BCUT2D eigenvalue weighted by Crippen LogP contribution is 2.12. The number of benzene rings is 1. The monoisotopic (exact) mass is 347 g/mol. The molecule has 0 amide bonds. The largest absolute Gasteiger partial charge is 0.508 e. The maximum absolute atomic E-state index is 12.9. The van der Waals surface area contributed by atoms with Crippen LogP contribution in [0.25, 0.3) is 0 Å². The Morgan fingerprint density at radius 2 is 1.16 bits per heavy atom. The highest BCUT2D eigenvalue weighted by atomic mass is 16.3. The molecule has 2 aromatic rings. The van der Waals surface area contributed by atoms with E-state index >= 15 is 0 Å². The van der Waals surface area contributed by atoms with Crippen LogP contribution < -0.4 is 17.1 Å². The zero-order valence-corrected chi connectivity index (χ0v) is 15.5. The van der Waals surface area contributed by atoms with E-state index in [0.29, 0.717) is 5.56 Å². The molecule has 0 saturated heterocycles. The second-order valence-electron chi connectivity index (χ2n) is 8.11. The zero-order valence-electron chi connectivity index (χ0n) is 15.5. The standard InChI is InChI=1S/C18H25N3O4/c1-17(2,3)20-14(23)19(11-12-7-9-13(22)10-8-12)15(24)21(16(20)25)18(4,5)6/h7-10,22H,11H2,1-6H3. The molecule has 25 heavy (non-hydrogen) atoms. The van der Waals surface area contributed by atoms with E-state index in [9.17, 15) is 19.5 Å². The van der Waals surface area contributed by atoms with E-state index in [1.165, 1.54) is 12.1 Å². The Morgan fingerprint density at radius 3 is 1.52 bits per heavy atom. The number of hydrogen-bond acceptors (Lipinski definition) is 4. The van der Waals surface area contributed by atoms with Crippen LogP contribution in [0.5, 0.6) is 5.75 Å². The minimum atomic E-state index is -0.772. The third kappa shape index (κ3) is 3.60. The molecule has 0 fully saturated rings. The summed E-state index contributed by atoms with van der Waals surface area (Å²) in [6.07, 6.45) is 0. The first-order chi connectivity index (χ1) is 11.3. The van der Waals surface area contributed by atoms with Gasteiger partial charge in [-0.15, -0.1) is 0 Å². The van der Waals surface area contributed by atoms with Gasteiger partial charge < -0.3 is 5.11 Å². The van der Waals surface area contributed by atoms with Gasteiger partial charge in [-0.2, -0.15) is 0 Å². The smallest absolute Gasteiger partial charge is 0.337 e. The van der Waals surface area contributed by atoms with Gasteiger partial charge in [0.25, 0.3) is 0 Å². The van der Waals surface area contributed by atoms with Crippen molar-refractivity contribution >= 4 is 0 Å². The molecule has 2 rings (SSSR count). The lowest BCUT2D eigenvalue weighted by atomic mass is 10.1. The SMILES string of the molecule is CC(C)(C)n1c(=O)n(Cc2ccc(O)cc2)c(=O)n(C(C)(C)C)c1=O. The summed E-state index contributed by atoms with van der Waals surface area (Å²) in [5.41, 5.74) is -2.77. The minimum Gasteiger partial charge on any atom is -0.508 e. The summed E-state index contributed by atoms with van der Waals surface area (Å²) in [4.78, 5) is 38.6. The predicted octanol–water partition coefficient (Wildman–Crippen LogP) is 1.44. The molecular formula is C18H25N3O4. The number of phenols is 1. The van der Waals surface area contributed by atoms with Crippen molar-refractivity contribution < 1.29 is 5.11 Å². The number of hydrogen-bond donors (Lipinski definition) is 1. The van der Waals surface area contributed by atoms with Crippen LogP contribution in [-0.4, -0.2) is 18.8 Å². The van der Waals surface area contributed by atoms with Gasteiger partial charge in [-0.25, -0.2) is 28.1 Å². The fourth-order valence-electron chi connectivity index (χ4n) is 2.65. The van der Waals surface area contributed by atoms with Crippen molar-refractivity contribution in [2.24, 2.45) is 0 Å². The number of aromatic hydroxyl groups is 1. The number of phenolic OH excluding ortho intramolecular Hbond substituents is 1. The molecule has 1 N–H and O–H groups in total. The summed E-state index contributed by atoms with van der Waals surface area (Å²) in [5.74, 6) is 0.0999. The second kappa shape index (κ2) is 6.06. The van der Waals surface area contributed by atoms with Crippen molar-refractivity contribution in [3.63, 3.8) is 0 Å². The van der Waals surface area contributed by atoms with E-state index in [-0.39, 0.29) is 12.3 Å². The predicted molar refractivity (Wildman–Crippen MR) is 96.4 cm³/mol. The number of nitrogens with zero attached hydrogens (tertiary/aromatic N) is 3. The van der Waals surface area contributed by atoms with Gasteiger partial charge in [0.2, 0.25) is 0 Å². The molecule has 1 heterocycles. The van der Waals surface area contributed by atoms with Gasteiger partial charge in [-0.3, -0.25) is 0 Å². The maximum atomic E-state index is 12.9. The van der Waals surface area contributed by atoms with Crippen molar-refractivity contribution in [1.29, 1.82) is 0 Å². The second-order valence-corrected chi connectivity index (χ2v) is 8.11. The molecule has 7 heteroatoms. The van der Waals surface area contributed by atoms with E-state index in [0.717, 1.165) is 13.7 Å². The summed E-state index contributed by atoms with van der Waals surface area (Å²) < 4.78 is 3.28. The van der Waals surface area contributed by atoms with Gasteiger partial charge in [-0.1, -0.05) is 12.1 Å². The number of aromatic nitrogens is 3. The van der Waals surface area contributed by atoms with Gasteiger partial charge in [-0.05, 0) is 59.2 Å². The molecule has 7 nitrogen and oxygen atoms in total. The maximum Gasteiger partial charge on any atom is 0.337 e. The molecule has 0 radical (unpaired) electrons. The quantitative estimate of drug-likeness (QED) is 0.890. The lowest BCUT2D eigenvalue weighted by Gasteiger charge is -2.28. The first-order valence-electron chi connectivity index (χ1n) is 8.12. The van der Waals surface area contributed by atoms with Crippen molar-refractivity contribution in [2.75, 3.05) is 0 Å². The van der Waals surface area contributed by atoms with Crippen LogP contribution in [-0.2, 0) is 17.6 Å². The molecule has 0 unspecified atom stereocenters. The highest BCUT2D eigenvalue weighted by Gasteiger charge is 2.28. The average Bonchev–Trinajstić information content (AvgIpc) is 2.42. The third-order valence-corrected chi connectivity index (χ3v) is 3.85. The topological polar surface area (TPSA) is 86.2 Å². The van der Waals surface area contributed by atoms with Crippen LogP contribution in [0.4, 0.5) is 0 Å². The normalized spacial score (nSPS) is 12.4. The van der Waals surface area contributed by atoms with Crippen LogP contribution in [0.3, 0.4) is 0 Å². The van der Waals surface area contributed by atoms with Crippen LogP contribution >= 0.6 is 0 Å². The third-order valence-electron chi connectivity index (χ3n) is 3.85. The highest BCUT2D eigenvalue weighted by molar-refractivity contribution is 5.26. The fourth-order valence-corrected chi connectivity index (χ4v) is 2.65. The fraction of sp³-hybridized carbons (Fsp3) is 0.500. The van der Waals surface area contributed by atoms with Crippen LogP contribution in [0.1, 0.15) is 47.1 Å². The van der Waals surface area contributed by atoms with Crippen molar-refractivity contribution in [3.8, 4) is 5.75 Å². The summed E-state index contributed by atoms with van der Waals surface area (Å²) in [6, 6.07) is 6.25. The van der Waals surface area contributed by atoms with Gasteiger partial charge in [0.1, 0.15) is 5.75 Å². The molecule has 0 aliphatic heterocycles. The van der Waals surface area contributed by atoms with Gasteiger partial charge >= 0.3 is 17.1 Å². The Labute approximate surface area is 145 Å². The molecule has 0 bridgehead atoms. The van der Waals surface area contributed by atoms with Crippen molar-refractivity contribution in [2.45, 2.75) is 59.2 Å². The van der Waals surface area contributed by atoms with E-state index < -0.39 is 28.1 Å². The van der Waals surface area contributed by atoms with E-state index in [4.69, 9.17) is 0 Å². The van der Waals surface area contributed by atoms with Crippen LogP contribution in [0.2, 0.25) is 0 Å². The Balaban J connectivity index is 2.84. The molecule has 0 spiro atoms. The van der Waals surface area contributed by atoms with Crippen LogP contribution in [0.15, 0.2) is 38.6 Å². The lowest BCUT2D eigenvalue weighted by Crippen LogP contribution is -2.61. The molecule has 0 saturated carbocycles. The molecule has 0 aliphatic rings. The summed E-state index contributed by atoms with van der Waals surface area (Å²) in [7, 11) is 0. The Bertz CT molecular complexity index is 897. The molecular weight excluding hydrogens is 322 g/mol. The first kappa shape index (κ1) is 18.8. The summed E-state index contributed by atoms with van der Waals surface area (Å²) in [5, 5.41) is 9.39. The zero-order chi connectivity index (χ0) is 19.2. The first-order valence-corrected chi connectivity index (χ1v) is 8.12. The van der Waals surface area contributed by atoms with Crippen molar-refractivity contribution in [1.82, 2.24) is 13.7 Å². The van der Waals surface area contributed by atoms with Gasteiger partial charge in [0.15, 0.2) is 0 Å². The minimum absolute atomic E-state index is 0.0182. The lowest BCUT2D eigenvalue weighted by molar-refractivity contribution is 0.276. The van der Waals surface area contributed by atoms with Gasteiger partial charge in [0.05, 0.1) is 6.54 Å². The Morgan fingerprint density at radius 1 is 0.760 bits per heavy atom. The summed E-state index contributed by atoms with van der Waals surface area (Å²) in [6.45, 7) is 10.5. The molecule has 1 aromatic heterocycles. The number of rotatable bonds is 2. The van der Waals surface area contributed by atoms with Gasteiger partial charge in [0, 0.05) is 11.1 Å². The Kier molecular flexibility index (Phi) is 4.55. The van der Waals surface area contributed by atoms with E-state index in [1.54, 1.807) is 53.7 Å². The molecule has 136 valence electrons. The molecule has 0 atom stereocenters. The van der Waals surface area contributed by atoms with E-state index in [1.807, 2.05) is 0 Å². The van der Waals surface area contributed by atoms with Crippen molar-refractivity contribution in [3.05, 3.63) is 61.3 Å². The van der Waals surface area contributed by atoms with E-state index in [2.05, 4.69) is 0 Å². The molecule has 0 aliphatic carbocycles.